The van der Waals surface area contributed by atoms with Crippen molar-refractivity contribution in [1.82, 2.24) is 9.88 Å². The molecule has 8 heteroatoms. The van der Waals surface area contributed by atoms with Crippen LogP contribution in [0.25, 0.3) is 10.9 Å². The monoisotopic (exact) mass is 382 g/mol. The second-order valence-electron chi connectivity index (χ2n) is 6.12. The van der Waals surface area contributed by atoms with Gasteiger partial charge in [-0.25, -0.2) is 9.18 Å². The van der Waals surface area contributed by atoms with Crippen molar-refractivity contribution in [2.24, 2.45) is 5.92 Å². The molecule has 1 heterocycles. The van der Waals surface area contributed by atoms with Gasteiger partial charge in [0.25, 0.3) is 5.91 Å². The van der Waals surface area contributed by atoms with Gasteiger partial charge < -0.3 is 15.0 Å². The summed E-state index contributed by atoms with van der Waals surface area (Å²) in [6, 6.07) is 1.20. The predicted octanol–water partition coefficient (Wildman–Crippen LogP) is 3.04. The standard InChI is InChI=1S/C18H20ClFN2O4/c1-4-9(3)15(18(25)26)21-17(24)11-8-22(5-2)14-7-12(19)13(20)6-10(14)16(11)23/h6-9,15H,4-5H2,1-3H3,(H,21,24)(H,25,26)/t9-,15+/m1/s1. The smallest absolute Gasteiger partial charge is 0.326 e. The van der Waals surface area contributed by atoms with E-state index in [-0.39, 0.29) is 21.9 Å². The highest BCUT2D eigenvalue weighted by atomic mass is 35.5. The van der Waals surface area contributed by atoms with Crippen molar-refractivity contribution < 1.29 is 19.1 Å². The summed E-state index contributed by atoms with van der Waals surface area (Å²) >= 11 is 5.79. The molecule has 0 saturated carbocycles. The molecule has 0 aliphatic rings. The number of hydrogen-bond acceptors (Lipinski definition) is 3. The average Bonchev–Trinajstić information content (AvgIpc) is 2.60. The summed E-state index contributed by atoms with van der Waals surface area (Å²) in [5.41, 5.74) is -0.515. The summed E-state index contributed by atoms with van der Waals surface area (Å²) in [6.45, 7) is 5.70. The van der Waals surface area contributed by atoms with Crippen molar-refractivity contribution >= 4 is 34.4 Å². The number of carboxylic acid groups (broad SMARTS) is 1. The molecule has 0 aliphatic carbocycles. The lowest BCUT2D eigenvalue weighted by atomic mass is 9.99. The Kier molecular flexibility index (Phi) is 6.02. The second-order valence-corrected chi connectivity index (χ2v) is 6.52. The molecule has 0 radical (unpaired) electrons. The van der Waals surface area contributed by atoms with E-state index in [9.17, 15) is 23.9 Å². The molecule has 0 bridgehead atoms. The fraction of sp³-hybridized carbons (Fsp3) is 0.389. The van der Waals surface area contributed by atoms with Crippen molar-refractivity contribution in [3.63, 3.8) is 0 Å². The number of carboxylic acids is 1. The minimum Gasteiger partial charge on any atom is -0.480 e. The lowest BCUT2D eigenvalue weighted by molar-refractivity contribution is -0.140. The summed E-state index contributed by atoms with van der Waals surface area (Å²) in [7, 11) is 0. The van der Waals surface area contributed by atoms with Gasteiger partial charge in [0.05, 0.1) is 10.5 Å². The molecular formula is C18H20ClFN2O4. The Hall–Kier alpha value is -2.41. The molecule has 1 amide bonds. The van der Waals surface area contributed by atoms with Crippen LogP contribution >= 0.6 is 11.6 Å². The zero-order chi connectivity index (χ0) is 19.6. The lowest BCUT2D eigenvalue weighted by Gasteiger charge is -2.20. The van der Waals surface area contributed by atoms with Crippen LogP contribution in [0.5, 0.6) is 0 Å². The number of hydrogen-bond donors (Lipinski definition) is 2. The van der Waals surface area contributed by atoms with Crippen molar-refractivity contribution in [2.45, 2.75) is 39.8 Å². The van der Waals surface area contributed by atoms with Gasteiger partial charge in [0.2, 0.25) is 5.43 Å². The van der Waals surface area contributed by atoms with Crippen LogP contribution in [0.1, 0.15) is 37.6 Å². The Bertz CT molecular complexity index is 926. The summed E-state index contributed by atoms with van der Waals surface area (Å²) in [5, 5.41) is 11.6. The minimum absolute atomic E-state index is 0.0109. The Balaban J connectivity index is 2.57. The maximum Gasteiger partial charge on any atom is 0.326 e. The van der Waals surface area contributed by atoms with E-state index in [2.05, 4.69) is 5.32 Å². The number of halogens is 2. The third-order valence-electron chi connectivity index (χ3n) is 4.47. The second kappa shape index (κ2) is 7.86. The van der Waals surface area contributed by atoms with E-state index in [0.29, 0.717) is 18.5 Å². The maximum absolute atomic E-state index is 13.8. The number of rotatable bonds is 6. The third kappa shape index (κ3) is 3.72. The number of pyridine rings is 1. The van der Waals surface area contributed by atoms with Gasteiger partial charge in [-0.05, 0) is 25.0 Å². The molecule has 0 saturated heterocycles. The number of aromatic nitrogens is 1. The molecule has 2 rings (SSSR count). The van der Waals surface area contributed by atoms with Crippen molar-refractivity contribution in [3.05, 3.63) is 45.0 Å². The van der Waals surface area contributed by atoms with Crippen molar-refractivity contribution in [2.75, 3.05) is 0 Å². The van der Waals surface area contributed by atoms with Crippen LogP contribution in [0.4, 0.5) is 4.39 Å². The van der Waals surface area contributed by atoms with E-state index in [0.717, 1.165) is 6.07 Å². The van der Waals surface area contributed by atoms with Gasteiger partial charge in [-0.2, -0.15) is 0 Å². The summed E-state index contributed by atoms with van der Waals surface area (Å²) in [6.07, 6.45) is 1.88. The van der Waals surface area contributed by atoms with Gasteiger partial charge in [0, 0.05) is 18.1 Å². The number of fused-ring (bicyclic) bond motifs is 1. The third-order valence-corrected chi connectivity index (χ3v) is 4.76. The number of aliphatic carboxylic acids is 1. The van der Waals surface area contributed by atoms with Gasteiger partial charge in [-0.1, -0.05) is 31.9 Å². The maximum atomic E-state index is 13.8. The number of aryl methyl sites for hydroxylation is 1. The van der Waals surface area contributed by atoms with Crippen molar-refractivity contribution in [1.29, 1.82) is 0 Å². The number of nitrogens with zero attached hydrogens (tertiary/aromatic N) is 1. The van der Waals surface area contributed by atoms with Gasteiger partial charge in [-0.15, -0.1) is 0 Å². The number of amides is 1. The highest BCUT2D eigenvalue weighted by Crippen LogP contribution is 2.22. The molecule has 2 atom stereocenters. The van der Waals surface area contributed by atoms with Crippen molar-refractivity contribution in [3.8, 4) is 0 Å². The SMILES string of the molecule is CC[C@@H](C)[C@H](NC(=O)c1cn(CC)c2cc(Cl)c(F)cc2c1=O)C(=O)O. The van der Waals surface area contributed by atoms with E-state index >= 15 is 0 Å². The first-order chi connectivity index (χ1) is 12.2. The molecule has 1 aromatic heterocycles. The molecule has 0 unspecified atom stereocenters. The quantitative estimate of drug-likeness (QED) is 0.803. The zero-order valence-electron chi connectivity index (χ0n) is 14.7. The van der Waals surface area contributed by atoms with Gasteiger partial charge in [-0.3, -0.25) is 9.59 Å². The minimum atomic E-state index is -1.18. The van der Waals surface area contributed by atoms with Crippen LogP contribution in [-0.2, 0) is 11.3 Å². The first-order valence-corrected chi connectivity index (χ1v) is 8.64. The van der Waals surface area contributed by atoms with E-state index in [1.54, 1.807) is 25.3 Å². The molecule has 26 heavy (non-hydrogen) atoms. The van der Waals surface area contributed by atoms with E-state index in [4.69, 9.17) is 11.6 Å². The highest BCUT2D eigenvalue weighted by molar-refractivity contribution is 6.31. The number of carbonyl (C=O) groups excluding carboxylic acids is 1. The van der Waals surface area contributed by atoms with Gasteiger partial charge >= 0.3 is 5.97 Å². The molecular weight excluding hydrogens is 363 g/mol. The number of nitrogens with one attached hydrogen (secondary N) is 1. The average molecular weight is 383 g/mol. The van der Waals surface area contributed by atoms with Crippen LogP contribution in [0.15, 0.2) is 23.1 Å². The van der Waals surface area contributed by atoms with E-state index < -0.39 is 29.2 Å². The summed E-state index contributed by atoms with van der Waals surface area (Å²) in [5.74, 6) is -3.06. The summed E-state index contributed by atoms with van der Waals surface area (Å²) in [4.78, 5) is 36.6. The zero-order valence-corrected chi connectivity index (χ0v) is 15.4. The van der Waals surface area contributed by atoms with Gasteiger partial charge in [0.1, 0.15) is 17.4 Å². The Morgan fingerprint density at radius 2 is 2.00 bits per heavy atom. The topological polar surface area (TPSA) is 88.4 Å². The molecule has 140 valence electrons. The Labute approximate surface area is 154 Å². The van der Waals surface area contributed by atoms with E-state index in [1.807, 2.05) is 0 Å². The molecule has 0 aliphatic heterocycles. The number of carbonyl (C=O) groups is 2. The highest BCUT2D eigenvalue weighted by Gasteiger charge is 2.27. The molecule has 0 spiro atoms. The van der Waals surface area contributed by atoms with E-state index in [1.165, 1.54) is 12.3 Å². The Morgan fingerprint density at radius 3 is 2.54 bits per heavy atom. The summed E-state index contributed by atoms with van der Waals surface area (Å²) < 4.78 is 15.4. The van der Waals surface area contributed by atoms with Crippen LogP contribution in [0, 0.1) is 11.7 Å². The first kappa shape index (κ1) is 19.9. The largest absolute Gasteiger partial charge is 0.480 e. The number of benzene rings is 1. The fourth-order valence-electron chi connectivity index (χ4n) is 2.71. The molecule has 2 N–H and O–H groups in total. The lowest BCUT2D eigenvalue weighted by Crippen LogP contribution is -2.46. The first-order valence-electron chi connectivity index (χ1n) is 8.27. The van der Waals surface area contributed by atoms with Crippen LogP contribution in [0.3, 0.4) is 0 Å². The normalized spacial score (nSPS) is 13.4. The predicted molar refractivity (Wildman–Crippen MR) is 97.2 cm³/mol. The molecule has 6 nitrogen and oxygen atoms in total. The van der Waals surface area contributed by atoms with Crippen LogP contribution < -0.4 is 10.7 Å². The molecule has 2 aromatic rings. The molecule has 0 fully saturated rings. The fourth-order valence-corrected chi connectivity index (χ4v) is 2.87. The van der Waals surface area contributed by atoms with Crippen LogP contribution in [-0.4, -0.2) is 27.6 Å². The Morgan fingerprint density at radius 1 is 1.35 bits per heavy atom. The molecule has 1 aromatic carbocycles. The van der Waals surface area contributed by atoms with Gasteiger partial charge in [0.15, 0.2) is 0 Å². The van der Waals surface area contributed by atoms with Crippen LogP contribution in [0.2, 0.25) is 5.02 Å².